The quantitative estimate of drug-likeness (QED) is 0.710. The largest absolute Gasteiger partial charge is 0.371 e. The highest BCUT2D eigenvalue weighted by Crippen LogP contribution is 2.15. The number of anilines is 1. The van der Waals surface area contributed by atoms with E-state index in [0.717, 1.165) is 12.1 Å². The second-order valence-electron chi connectivity index (χ2n) is 3.83. The fraction of sp³-hybridized carbons (Fsp3) is 0.500. The summed E-state index contributed by atoms with van der Waals surface area (Å²) in [4.78, 5) is 17.3. The number of rotatable bonds is 4. The molecule has 3 nitrogen and oxygen atoms in total. The molecule has 1 atom stereocenters. The van der Waals surface area contributed by atoms with Crippen LogP contribution >= 0.6 is 0 Å². The molecule has 0 saturated carbocycles. The molecule has 0 aliphatic heterocycles. The Balaban J connectivity index is 2.84. The zero-order chi connectivity index (χ0) is 11.4. The number of nitrogens with zero attached hydrogens (tertiary/aromatic N) is 2. The molecule has 0 aliphatic rings. The molecule has 1 unspecified atom stereocenters. The van der Waals surface area contributed by atoms with Gasteiger partial charge >= 0.3 is 0 Å². The van der Waals surface area contributed by atoms with Crippen molar-refractivity contribution in [2.75, 3.05) is 11.9 Å². The van der Waals surface area contributed by atoms with Crippen molar-refractivity contribution in [2.45, 2.75) is 33.2 Å². The number of carbonyl (C=O) groups excluding carboxylic acids is 1. The Morgan fingerprint density at radius 2 is 2.20 bits per heavy atom. The summed E-state index contributed by atoms with van der Waals surface area (Å²) in [7, 11) is 2.04. The lowest BCUT2D eigenvalue weighted by Crippen LogP contribution is -2.28. The Morgan fingerprint density at radius 1 is 1.53 bits per heavy atom. The highest BCUT2D eigenvalue weighted by molar-refractivity contribution is 5.92. The molecule has 1 rings (SSSR count). The van der Waals surface area contributed by atoms with Gasteiger partial charge in [-0.3, -0.25) is 9.78 Å². The predicted molar refractivity (Wildman–Crippen MR) is 62.4 cm³/mol. The molecule has 0 N–H and O–H groups in total. The average molecular weight is 206 g/mol. The Bertz CT molecular complexity index is 332. The third-order valence-electron chi connectivity index (χ3n) is 2.77. The van der Waals surface area contributed by atoms with Crippen LogP contribution in [0.5, 0.6) is 0 Å². The van der Waals surface area contributed by atoms with E-state index in [-0.39, 0.29) is 5.78 Å². The molecule has 0 aromatic carbocycles. The summed E-state index contributed by atoms with van der Waals surface area (Å²) >= 11 is 0. The van der Waals surface area contributed by atoms with Crippen molar-refractivity contribution < 1.29 is 4.79 Å². The van der Waals surface area contributed by atoms with Gasteiger partial charge in [0.05, 0.1) is 11.9 Å². The number of Topliss-reactive ketones (excluding diaryl/α,β-unsaturated/α-hetero) is 1. The predicted octanol–water partition coefficient (Wildman–Crippen LogP) is 2.52. The lowest BCUT2D eigenvalue weighted by atomic mass is 10.2. The van der Waals surface area contributed by atoms with Crippen LogP contribution < -0.4 is 4.90 Å². The first kappa shape index (κ1) is 11.7. The summed E-state index contributed by atoms with van der Waals surface area (Å²) in [5.74, 6) is 0.00717. The van der Waals surface area contributed by atoms with Gasteiger partial charge in [-0.2, -0.15) is 0 Å². The molecule has 0 saturated heterocycles. The smallest absolute Gasteiger partial charge is 0.178 e. The Labute approximate surface area is 91.1 Å². The second-order valence-corrected chi connectivity index (χ2v) is 3.83. The van der Waals surface area contributed by atoms with Gasteiger partial charge in [0, 0.05) is 20.0 Å². The normalized spacial score (nSPS) is 12.3. The van der Waals surface area contributed by atoms with Gasteiger partial charge < -0.3 is 4.90 Å². The first-order valence-corrected chi connectivity index (χ1v) is 5.26. The van der Waals surface area contributed by atoms with Crippen LogP contribution in [0.4, 0.5) is 5.69 Å². The van der Waals surface area contributed by atoms with E-state index in [4.69, 9.17) is 0 Å². The first-order chi connectivity index (χ1) is 7.06. The third kappa shape index (κ3) is 2.78. The van der Waals surface area contributed by atoms with Crippen molar-refractivity contribution in [3.63, 3.8) is 0 Å². The van der Waals surface area contributed by atoms with Crippen LogP contribution in [0.3, 0.4) is 0 Å². The van der Waals surface area contributed by atoms with E-state index in [1.54, 1.807) is 12.3 Å². The van der Waals surface area contributed by atoms with E-state index in [1.807, 2.05) is 13.1 Å². The number of hydrogen-bond acceptors (Lipinski definition) is 3. The van der Waals surface area contributed by atoms with Gasteiger partial charge in [0.1, 0.15) is 5.69 Å². The Morgan fingerprint density at radius 3 is 2.60 bits per heavy atom. The summed E-state index contributed by atoms with van der Waals surface area (Å²) in [5, 5.41) is 0. The van der Waals surface area contributed by atoms with Gasteiger partial charge in [0.2, 0.25) is 0 Å². The fourth-order valence-corrected chi connectivity index (χ4v) is 1.33. The van der Waals surface area contributed by atoms with Crippen LogP contribution in [0.1, 0.15) is 37.7 Å². The minimum Gasteiger partial charge on any atom is -0.371 e. The highest BCUT2D eigenvalue weighted by Gasteiger charge is 2.08. The Kier molecular flexibility index (Phi) is 3.83. The maximum absolute atomic E-state index is 11.0. The first-order valence-electron chi connectivity index (χ1n) is 5.26. The van der Waals surface area contributed by atoms with Crippen LogP contribution in [0.15, 0.2) is 18.3 Å². The molecule has 0 radical (unpaired) electrons. The van der Waals surface area contributed by atoms with E-state index >= 15 is 0 Å². The molecule has 0 spiro atoms. The molecule has 1 aromatic heterocycles. The summed E-state index contributed by atoms with van der Waals surface area (Å²) < 4.78 is 0. The molecule has 82 valence electrons. The molecule has 0 bridgehead atoms. The zero-order valence-corrected chi connectivity index (χ0v) is 9.82. The third-order valence-corrected chi connectivity index (χ3v) is 2.77. The van der Waals surface area contributed by atoms with Crippen LogP contribution in [-0.2, 0) is 0 Å². The molecule has 15 heavy (non-hydrogen) atoms. The molecule has 1 heterocycles. The van der Waals surface area contributed by atoms with Gasteiger partial charge in [0.15, 0.2) is 5.78 Å². The van der Waals surface area contributed by atoms with Crippen LogP contribution in [0, 0.1) is 0 Å². The van der Waals surface area contributed by atoms with E-state index in [0.29, 0.717) is 11.7 Å². The molecule has 1 aromatic rings. The minimum atomic E-state index is 0.00717. The number of aromatic nitrogens is 1. The van der Waals surface area contributed by atoms with Crippen LogP contribution in [0.25, 0.3) is 0 Å². The van der Waals surface area contributed by atoms with Gasteiger partial charge in [-0.15, -0.1) is 0 Å². The topological polar surface area (TPSA) is 33.2 Å². The average Bonchev–Trinajstić information content (AvgIpc) is 2.27. The number of pyridine rings is 1. The Hall–Kier alpha value is -1.38. The maximum atomic E-state index is 11.0. The lowest BCUT2D eigenvalue weighted by molar-refractivity contribution is 0.101. The molecular weight excluding hydrogens is 188 g/mol. The van der Waals surface area contributed by atoms with E-state index in [9.17, 15) is 4.79 Å². The van der Waals surface area contributed by atoms with Gasteiger partial charge in [-0.1, -0.05) is 6.92 Å². The van der Waals surface area contributed by atoms with Gasteiger partial charge in [-0.05, 0) is 25.5 Å². The summed E-state index contributed by atoms with van der Waals surface area (Å²) in [6.07, 6.45) is 2.84. The van der Waals surface area contributed by atoms with Crippen LogP contribution in [-0.4, -0.2) is 23.9 Å². The van der Waals surface area contributed by atoms with Crippen molar-refractivity contribution in [3.8, 4) is 0 Å². The van der Waals surface area contributed by atoms with Gasteiger partial charge in [0.25, 0.3) is 0 Å². The van der Waals surface area contributed by atoms with Crippen molar-refractivity contribution in [3.05, 3.63) is 24.0 Å². The number of carbonyl (C=O) groups is 1. The number of ketones is 1. The molecular formula is C12H18N2O. The lowest BCUT2D eigenvalue weighted by Gasteiger charge is -2.25. The van der Waals surface area contributed by atoms with Crippen molar-refractivity contribution in [1.29, 1.82) is 0 Å². The second kappa shape index (κ2) is 4.91. The standard InChI is InChI=1S/C12H18N2O/c1-5-9(2)14(4)11-6-7-12(10(3)15)13-8-11/h6-9H,5H2,1-4H3. The van der Waals surface area contributed by atoms with E-state index < -0.39 is 0 Å². The highest BCUT2D eigenvalue weighted by atomic mass is 16.1. The van der Waals surface area contributed by atoms with Crippen LogP contribution in [0.2, 0.25) is 0 Å². The maximum Gasteiger partial charge on any atom is 0.178 e. The summed E-state index contributed by atoms with van der Waals surface area (Å²) in [5.41, 5.74) is 1.57. The zero-order valence-electron chi connectivity index (χ0n) is 9.82. The molecule has 3 heteroatoms. The van der Waals surface area contributed by atoms with Crippen molar-refractivity contribution in [2.24, 2.45) is 0 Å². The summed E-state index contributed by atoms with van der Waals surface area (Å²) in [6, 6.07) is 4.20. The van der Waals surface area contributed by atoms with Crippen molar-refractivity contribution in [1.82, 2.24) is 4.98 Å². The molecule has 0 fully saturated rings. The number of hydrogen-bond donors (Lipinski definition) is 0. The molecule has 0 amide bonds. The monoisotopic (exact) mass is 206 g/mol. The van der Waals surface area contributed by atoms with Crippen molar-refractivity contribution >= 4 is 11.5 Å². The fourth-order valence-electron chi connectivity index (χ4n) is 1.33. The minimum absolute atomic E-state index is 0.00717. The van der Waals surface area contributed by atoms with E-state index in [1.165, 1.54) is 6.92 Å². The van der Waals surface area contributed by atoms with E-state index in [2.05, 4.69) is 23.7 Å². The molecule has 0 aliphatic carbocycles. The summed E-state index contributed by atoms with van der Waals surface area (Å²) in [6.45, 7) is 5.85. The van der Waals surface area contributed by atoms with Gasteiger partial charge in [-0.25, -0.2) is 0 Å². The SMILES string of the molecule is CCC(C)N(C)c1ccc(C(C)=O)nc1.